The van der Waals surface area contributed by atoms with Crippen LogP contribution < -0.4 is 5.73 Å². The molecular formula is C25H28FN3O3. The second-order valence-electron chi connectivity index (χ2n) is 9.36. The molecule has 1 aromatic heterocycles. The molecule has 0 bridgehead atoms. The van der Waals surface area contributed by atoms with E-state index in [0.29, 0.717) is 29.4 Å². The average molecular weight is 438 g/mol. The van der Waals surface area contributed by atoms with Gasteiger partial charge in [-0.3, -0.25) is 4.79 Å². The lowest BCUT2D eigenvalue weighted by Crippen LogP contribution is -2.42. The number of carbonyl (C=O) groups is 2. The number of aromatic amines is 1. The van der Waals surface area contributed by atoms with E-state index in [1.54, 1.807) is 4.90 Å². The Bertz CT molecular complexity index is 1240. The molecule has 0 aliphatic carbocycles. The third-order valence-electron chi connectivity index (χ3n) is 5.90. The van der Waals surface area contributed by atoms with Crippen LogP contribution in [-0.2, 0) is 11.2 Å². The summed E-state index contributed by atoms with van der Waals surface area (Å²) >= 11 is 0. The molecule has 0 spiro atoms. The summed E-state index contributed by atoms with van der Waals surface area (Å²) in [6, 6.07) is 8.54. The van der Waals surface area contributed by atoms with E-state index >= 15 is 4.39 Å². The molecule has 0 saturated carbocycles. The molecule has 2 aromatic carbocycles. The van der Waals surface area contributed by atoms with Crippen molar-refractivity contribution in [3.63, 3.8) is 0 Å². The minimum atomic E-state index is -0.681. The van der Waals surface area contributed by atoms with E-state index < -0.39 is 17.3 Å². The number of rotatable bonds is 2. The summed E-state index contributed by atoms with van der Waals surface area (Å²) in [5, 5.41) is 0.618. The van der Waals surface area contributed by atoms with Gasteiger partial charge in [-0.05, 0) is 69.9 Å². The summed E-state index contributed by atoms with van der Waals surface area (Å²) in [6.45, 7) is 9.80. The van der Waals surface area contributed by atoms with Crippen LogP contribution in [-0.4, -0.2) is 34.0 Å². The van der Waals surface area contributed by atoms with Gasteiger partial charge >= 0.3 is 6.09 Å². The van der Waals surface area contributed by atoms with Crippen LogP contribution in [0.3, 0.4) is 0 Å². The molecule has 32 heavy (non-hydrogen) atoms. The van der Waals surface area contributed by atoms with E-state index in [0.717, 1.165) is 22.4 Å². The summed E-state index contributed by atoms with van der Waals surface area (Å²) in [4.78, 5) is 29.5. The van der Waals surface area contributed by atoms with Crippen molar-refractivity contribution in [2.45, 2.75) is 52.7 Å². The first-order valence-corrected chi connectivity index (χ1v) is 10.7. The molecule has 0 fully saturated rings. The van der Waals surface area contributed by atoms with Crippen LogP contribution in [0.5, 0.6) is 0 Å². The van der Waals surface area contributed by atoms with Gasteiger partial charge < -0.3 is 20.4 Å². The first kappa shape index (κ1) is 21.9. The number of hydrogen-bond donors (Lipinski definition) is 2. The number of nitrogens with one attached hydrogen (secondary N) is 1. The van der Waals surface area contributed by atoms with E-state index in [-0.39, 0.29) is 17.7 Å². The predicted octanol–water partition coefficient (Wildman–Crippen LogP) is 5.24. The number of nitrogens with two attached hydrogens (primary N) is 1. The van der Waals surface area contributed by atoms with Gasteiger partial charge in [-0.1, -0.05) is 18.2 Å². The molecule has 1 atom stereocenters. The summed E-state index contributed by atoms with van der Waals surface area (Å²) < 4.78 is 21.0. The third-order valence-corrected chi connectivity index (χ3v) is 5.90. The van der Waals surface area contributed by atoms with Crippen molar-refractivity contribution in [3.8, 4) is 11.1 Å². The predicted molar refractivity (Wildman–Crippen MR) is 122 cm³/mol. The van der Waals surface area contributed by atoms with Gasteiger partial charge in [0.2, 0.25) is 0 Å². The normalized spacial score (nSPS) is 16.2. The Morgan fingerprint density at radius 1 is 1.25 bits per heavy atom. The molecule has 3 N–H and O–H groups in total. The van der Waals surface area contributed by atoms with Crippen LogP contribution in [0.2, 0.25) is 0 Å². The lowest BCUT2D eigenvalue weighted by Gasteiger charge is -2.37. The number of benzene rings is 2. The third kappa shape index (κ3) is 3.72. The zero-order valence-corrected chi connectivity index (χ0v) is 19.0. The minimum absolute atomic E-state index is 0.128. The second kappa shape index (κ2) is 7.65. The Morgan fingerprint density at radius 3 is 2.62 bits per heavy atom. The van der Waals surface area contributed by atoms with Gasteiger partial charge in [0.25, 0.3) is 5.91 Å². The molecule has 2 heterocycles. The fraction of sp³-hybridized carbons (Fsp3) is 0.360. The lowest BCUT2D eigenvalue weighted by atomic mass is 9.85. The van der Waals surface area contributed by atoms with Crippen molar-refractivity contribution in [3.05, 3.63) is 58.5 Å². The van der Waals surface area contributed by atoms with E-state index in [1.165, 1.54) is 6.07 Å². The van der Waals surface area contributed by atoms with E-state index in [4.69, 9.17) is 10.5 Å². The number of hydrogen-bond acceptors (Lipinski definition) is 3. The Kier molecular flexibility index (Phi) is 5.23. The van der Waals surface area contributed by atoms with Crippen molar-refractivity contribution in [2.75, 3.05) is 6.54 Å². The number of amides is 2. The second-order valence-corrected chi connectivity index (χ2v) is 9.36. The average Bonchev–Trinajstić information content (AvgIpc) is 3.07. The van der Waals surface area contributed by atoms with Crippen LogP contribution in [0.25, 0.3) is 22.0 Å². The number of carbonyl (C=O) groups excluding carboxylic acids is 2. The molecule has 0 radical (unpaired) electrons. The van der Waals surface area contributed by atoms with Gasteiger partial charge in [-0.25, -0.2) is 9.18 Å². The zero-order valence-electron chi connectivity index (χ0n) is 19.0. The highest BCUT2D eigenvalue weighted by Crippen LogP contribution is 2.41. The van der Waals surface area contributed by atoms with Crippen LogP contribution in [0, 0.1) is 12.7 Å². The van der Waals surface area contributed by atoms with Gasteiger partial charge in [0.05, 0.1) is 17.1 Å². The smallest absolute Gasteiger partial charge is 0.410 e. The summed E-state index contributed by atoms with van der Waals surface area (Å²) in [5.41, 5.74) is 9.52. The van der Waals surface area contributed by atoms with Crippen molar-refractivity contribution >= 4 is 22.9 Å². The molecule has 168 valence electrons. The van der Waals surface area contributed by atoms with Gasteiger partial charge in [0, 0.05) is 23.2 Å². The molecule has 0 saturated heterocycles. The van der Waals surface area contributed by atoms with Crippen molar-refractivity contribution in [1.82, 2.24) is 9.88 Å². The molecular weight excluding hydrogens is 409 g/mol. The van der Waals surface area contributed by atoms with Crippen LogP contribution >= 0.6 is 0 Å². The quantitative estimate of drug-likeness (QED) is 0.575. The number of H-pyrrole nitrogens is 1. The highest BCUT2D eigenvalue weighted by molar-refractivity contribution is 6.09. The number of aryl methyl sites for hydroxylation is 1. The monoisotopic (exact) mass is 437 g/mol. The fourth-order valence-electron chi connectivity index (χ4n) is 4.54. The number of ether oxygens (including phenoxy) is 1. The van der Waals surface area contributed by atoms with Crippen LogP contribution in [0.4, 0.5) is 9.18 Å². The molecule has 1 aliphatic heterocycles. The van der Waals surface area contributed by atoms with Crippen molar-refractivity contribution in [2.24, 2.45) is 5.73 Å². The molecule has 1 unspecified atom stereocenters. The van der Waals surface area contributed by atoms with Gasteiger partial charge in [-0.15, -0.1) is 0 Å². The highest BCUT2D eigenvalue weighted by atomic mass is 19.1. The molecule has 1 aliphatic rings. The van der Waals surface area contributed by atoms with Gasteiger partial charge in [0.15, 0.2) is 0 Å². The standard InChI is InChI=1S/C25H28FN3O3/c1-13-11-18-21(20(26)12-19(23(27)30)22(18)28-13)17-8-6-7-15-14(2)29(10-9-16(15)17)24(31)32-25(3,4)5/h6-8,11-12,14,28H,9-10H2,1-5H3,(H2,27,30). The summed E-state index contributed by atoms with van der Waals surface area (Å²) in [5.74, 6) is -1.18. The SMILES string of the molecule is Cc1cc2c(-c3cccc4c3CCN(C(=O)OC(C)(C)C)C4C)c(F)cc(C(N)=O)c2[nH]1. The minimum Gasteiger partial charge on any atom is -0.444 e. The maximum absolute atomic E-state index is 15.4. The van der Waals surface area contributed by atoms with Crippen molar-refractivity contribution < 1.29 is 18.7 Å². The molecule has 3 aromatic rings. The topological polar surface area (TPSA) is 88.4 Å². The first-order valence-electron chi connectivity index (χ1n) is 10.7. The molecule has 6 nitrogen and oxygen atoms in total. The summed E-state index contributed by atoms with van der Waals surface area (Å²) in [6.07, 6.45) is 0.207. The number of halogens is 1. The van der Waals surface area contributed by atoms with E-state index in [2.05, 4.69) is 4.98 Å². The number of aromatic nitrogens is 1. The highest BCUT2D eigenvalue weighted by Gasteiger charge is 2.33. The first-order chi connectivity index (χ1) is 15.0. The Balaban J connectivity index is 1.84. The van der Waals surface area contributed by atoms with Crippen LogP contribution in [0.1, 0.15) is 60.9 Å². The Hall–Kier alpha value is -3.35. The Morgan fingerprint density at radius 2 is 1.97 bits per heavy atom. The Labute approximate surface area is 186 Å². The molecule has 7 heteroatoms. The maximum atomic E-state index is 15.4. The number of primary amides is 1. The largest absolute Gasteiger partial charge is 0.444 e. The van der Waals surface area contributed by atoms with E-state index in [9.17, 15) is 9.59 Å². The van der Waals surface area contributed by atoms with Crippen LogP contribution in [0.15, 0.2) is 30.3 Å². The number of nitrogens with zero attached hydrogens (tertiary/aromatic N) is 1. The number of fused-ring (bicyclic) bond motifs is 2. The zero-order chi connectivity index (χ0) is 23.4. The maximum Gasteiger partial charge on any atom is 0.410 e. The van der Waals surface area contributed by atoms with Gasteiger partial charge in [0.1, 0.15) is 11.4 Å². The molecule has 4 rings (SSSR count). The van der Waals surface area contributed by atoms with Gasteiger partial charge in [-0.2, -0.15) is 0 Å². The van der Waals surface area contributed by atoms with E-state index in [1.807, 2.05) is 58.9 Å². The lowest BCUT2D eigenvalue weighted by molar-refractivity contribution is 0.0160. The van der Waals surface area contributed by atoms with Crippen molar-refractivity contribution in [1.29, 1.82) is 0 Å². The fourth-order valence-corrected chi connectivity index (χ4v) is 4.54. The summed E-state index contributed by atoms with van der Waals surface area (Å²) in [7, 11) is 0. The molecule has 2 amide bonds.